The van der Waals surface area contributed by atoms with E-state index in [-0.39, 0.29) is 43.8 Å². The number of hydrogen-bond donors (Lipinski definition) is 2. The van der Waals surface area contributed by atoms with Gasteiger partial charge in [0.05, 0.1) is 12.5 Å². The maximum atomic E-state index is 13.8. The third kappa shape index (κ3) is 4.20. The quantitative estimate of drug-likeness (QED) is 0.808. The number of carboxylic acids is 1. The summed E-state index contributed by atoms with van der Waals surface area (Å²) in [4.78, 5) is 25.8. The molecule has 1 aliphatic heterocycles. The van der Waals surface area contributed by atoms with Gasteiger partial charge in [-0.3, -0.25) is 9.59 Å². The lowest BCUT2D eigenvalue weighted by atomic mass is 9.72. The number of carbonyl (C=O) groups is 2. The Morgan fingerprint density at radius 1 is 1.35 bits per heavy atom. The van der Waals surface area contributed by atoms with Crippen molar-refractivity contribution in [3.8, 4) is 0 Å². The Morgan fingerprint density at radius 2 is 2.04 bits per heavy atom. The molecule has 144 valence electrons. The minimum Gasteiger partial charge on any atom is -0.481 e. The van der Waals surface area contributed by atoms with E-state index in [9.17, 15) is 28.6 Å². The number of amides is 1. The van der Waals surface area contributed by atoms with Gasteiger partial charge in [0, 0.05) is 18.7 Å². The first-order chi connectivity index (χ1) is 12.2. The highest BCUT2D eigenvalue weighted by molar-refractivity contribution is 5.81. The molecule has 0 saturated carbocycles. The molecule has 1 aliphatic rings. The molecule has 7 heteroatoms. The number of aliphatic carboxylic acids is 1. The van der Waals surface area contributed by atoms with E-state index in [1.165, 1.54) is 17.0 Å². The van der Waals surface area contributed by atoms with E-state index in [4.69, 9.17) is 0 Å². The van der Waals surface area contributed by atoms with Crippen LogP contribution in [0.3, 0.4) is 0 Å². The van der Waals surface area contributed by atoms with Crippen molar-refractivity contribution in [1.82, 2.24) is 4.90 Å². The van der Waals surface area contributed by atoms with Crippen molar-refractivity contribution in [3.05, 3.63) is 35.4 Å². The van der Waals surface area contributed by atoms with Gasteiger partial charge in [0.25, 0.3) is 0 Å². The van der Waals surface area contributed by atoms with E-state index in [0.29, 0.717) is 6.42 Å². The van der Waals surface area contributed by atoms with Crippen LogP contribution in [0.1, 0.15) is 38.7 Å². The average Bonchev–Trinajstić information content (AvgIpc) is 2.58. The van der Waals surface area contributed by atoms with Gasteiger partial charge in [-0.05, 0) is 31.2 Å². The second kappa shape index (κ2) is 8.12. The smallest absolute Gasteiger partial charge is 0.314 e. The van der Waals surface area contributed by atoms with Gasteiger partial charge < -0.3 is 15.1 Å². The summed E-state index contributed by atoms with van der Waals surface area (Å²) >= 11 is 0. The molecule has 26 heavy (non-hydrogen) atoms. The van der Waals surface area contributed by atoms with Gasteiger partial charge in [0.2, 0.25) is 5.91 Å². The molecule has 2 N–H and O–H groups in total. The van der Waals surface area contributed by atoms with Gasteiger partial charge in [-0.15, -0.1) is 0 Å². The topological polar surface area (TPSA) is 77.8 Å². The van der Waals surface area contributed by atoms with Crippen LogP contribution in [0.4, 0.5) is 8.78 Å². The van der Waals surface area contributed by atoms with Gasteiger partial charge in [-0.25, -0.2) is 8.78 Å². The molecular weight excluding hydrogens is 344 g/mol. The summed E-state index contributed by atoms with van der Waals surface area (Å²) in [7, 11) is 0. The van der Waals surface area contributed by atoms with Crippen molar-refractivity contribution in [2.75, 3.05) is 13.1 Å². The standard InChI is InChI=1S/C19H25F2NO4/c1-12(2)6-8-19(18(25)26)11-22(9-7-15(19)23)16(24)10-13-4-3-5-14(20)17(13)21/h3-5,12,15,23H,6-11H2,1-2H3,(H,25,26)/t15-,19-/m1/s1. The summed E-state index contributed by atoms with van der Waals surface area (Å²) in [5, 5.41) is 20.1. The highest BCUT2D eigenvalue weighted by Crippen LogP contribution is 2.37. The number of benzene rings is 1. The van der Waals surface area contributed by atoms with Crippen molar-refractivity contribution < 1.29 is 28.6 Å². The van der Waals surface area contributed by atoms with Crippen LogP contribution in [0.15, 0.2) is 18.2 Å². The zero-order chi connectivity index (χ0) is 19.5. The molecular formula is C19H25F2NO4. The van der Waals surface area contributed by atoms with E-state index in [0.717, 1.165) is 6.07 Å². The number of aliphatic hydroxyl groups excluding tert-OH is 1. The lowest BCUT2D eigenvalue weighted by Crippen LogP contribution is -2.57. The second-order valence-corrected chi connectivity index (χ2v) is 7.40. The van der Waals surface area contributed by atoms with Crippen LogP contribution in [0.25, 0.3) is 0 Å². The zero-order valence-electron chi connectivity index (χ0n) is 15.0. The zero-order valence-corrected chi connectivity index (χ0v) is 15.0. The molecule has 0 aliphatic carbocycles. The number of rotatable bonds is 6. The Balaban J connectivity index is 2.18. The van der Waals surface area contributed by atoms with Crippen LogP contribution in [-0.4, -0.2) is 46.2 Å². The number of likely N-dealkylation sites (tertiary alicyclic amines) is 1. The largest absolute Gasteiger partial charge is 0.481 e. The minimum absolute atomic E-state index is 0.0655. The van der Waals surface area contributed by atoms with Crippen LogP contribution in [0.5, 0.6) is 0 Å². The van der Waals surface area contributed by atoms with Gasteiger partial charge in [0.1, 0.15) is 5.41 Å². The third-order valence-corrected chi connectivity index (χ3v) is 5.10. The Morgan fingerprint density at radius 3 is 2.65 bits per heavy atom. The predicted molar refractivity (Wildman–Crippen MR) is 91.4 cm³/mol. The van der Waals surface area contributed by atoms with Crippen LogP contribution < -0.4 is 0 Å². The molecule has 1 fully saturated rings. The van der Waals surface area contributed by atoms with Crippen molar-refractivity contribution in [3.63, 3.8) is 0 Å². The molecule has 1 saturated heterocycles. The van der Waals surface area contributed by atoms with Crippen LogP contribution in [0, 0.1) is 23.0 Å². The average molecular weight is 369 g/mol. The maximum absolute atomic E-state index is 13.8. The van der Waals surface area contributed by atoms with E-state index >= 15 is 0 Å². The first kappa shape index (κ1) is 20.3. The highest BCUT2D eigenvalue weighted by atomic mass is 19.2. The number of carboxylic acid groups (broad SMARTS) is 1. The van der Waals surface area contributed by atoms with Gasteiger partial charge in [-0.2, -0.15) is 0 Å². The summed E-state index contributed by atoms with van der Waals surface area (Å²) in [6.07, 6.45) is -0.404. The number of carbonyl (C=O) groups excluding carboxylic acids is 1. The molecule has 2 rings (SSSR count). The summed E-state index contributed by atoms with van der Waals surface area (Å²) in [5.41, 5.74) is -1.50. The Bertz CT molecular complexity index is 680. The fourth-order valence-corrected chi connectivity index (χ4v) is 3.36. The van der Waals surface area contributed by atoms with E-state index in [1.54, 1.807) is 0 Å². The van der Waals surface area contributed by atoms with Crippen LogP contribution in [-0.2, 0) is 16.0 Å². The molecule has 1 aromatic rings. The van der Waals surface area contributed by atoms with Crippen molar-refractivity contribution in [1.29, 1.82) is 0 Å². The molecule has 1 aromatic carbocycles. The van der Waals surface area contributed by atoms with E-state index < -0.39 is 35.0 Å². The molecule has 0 radical (unpaired) electrons. The molecule has 1 heterocycles. The Hall–Kier alpha value is -2.02. The molecule has 0 spiro atoms. The summed E-state index contributed by atoms with van der Waals surface area (Å²) in [6, 6.07) is 3.63. The predicted octanol–water partition coefficient (Wildman–Crippen LogP) is 2.61. The number of nitrogens with zero attached hydrogens (tertiary/aromatic N) is 1. The van der Waals surface area contributed by atoms with Crippen molar-refractivity contribution >= 4 is 11.9 Å². The number of aliphatic hydroxyl groups is 1. The summed E-state index contributed by atoms with van der Waals surface area (Å²) in [6.45, 7) is 3.97. The summed E-state index contributed by atoms with van der Waals surface area (Å²) < 4.78 is 27.1. The number of piperidine rings is 1. The molecule has 0 bridgehead atoms. The molecule has 5 nitrogen and oxygen atoms in total. The normalized spacial score (nSPS) is 23.3. The van der Waals surface area contributed by atoms with Gasteiger partial charge in [0.15, 0.2) is 11.6 Å². The van der Waals surface area contributed by atoms with Crippen LogP contribution >= 0.6 is 0 Å². The van der Waals surface area contributed by atoms with Crippen molar-refractivity contribution in [2.24, 2.45) is 11.3 Å². The number of halogens is 2. The second-order valence-electron chi connectivity index (χ2n) is 7.40. The van der Waals surface area contributed by atoms with Gasteiger partial charge in [-0.1, -0.05) is 26.0 Å². The SMILES string of the molecule is CC(C)CC[C@@]1(C(=O)O)CN(C(=O)Cc2cccc(F)c2F)CC[C@H]1O. The first-order valence-corrected chi connectivity index (χ1v) is 8.79. The molecule has 2 atom stereocenters. The number of hydrogen-bond acceptors (Lipinski definition) is 3. The van der Waals surface area contributed by atoms with Gasteiger partial charge >= 0.3 is 5.97 Å². The van der Waals surface area contributed by atoms with Crippen LogP contribution in [0.2, 0.25) is 0 Å². The molecule has 0 unspecified atom stereocenters. The fourth-order valence-electron chi connectivity index (χ4n) is 3.36. The third-order valence-electron chi connectivity index (χ3n) is 5.10. The van der Waals surface area contributed by atoms with Crippen molar-refractivity contribution in [2.45, 2.75) is 45.6 Å². The summed E-state index contributed by atoms with van der Waals surface area (Å²) in [5.74, 6) is -3.45. The minimum atomic E-state index is -1.43. The monoisotopic (exact) mass is 369 g/mol. The lowest BCUT2D eigenvalue weighted by molar-refractivity contribution is -0.167. The first-order valence-electron chi connectivity index (χ1n) is 8.79. The molecule has 0 aromatic heterocycles. The van der Waals surface area contributed by atoms with E-state index in [1.807, 2.05) is 13.8 Å². The van der Waals surface area contributed by atoms with E-state index in [2.05, 4.69) is 0 Å². The fraction of sp³-hybridized carbons (Fsp3) is 0.579. The maximum Gasteiger partial charge on any atom is 0.314 e. The lowest BCUT2D eigenvalue weighted by Gasteiger charge is -2.43. The highest BCUT2D eigenvalue weighted by Gasteiger charge is 2.49. The Kier molecular flexibility index (Phi) is 6.34. The molecule has 1 amide bonds. The Labute approximate surface area is 151 Å².